The standard InChI is InChI=1S/C14H13BrN2O2S/c1-10(20-14-16-7-4-8-17-14)13(18)19-9-11-5-2-3-6-12(11)15/h2-8,10H,9H2,1H3. The minimum atomic E-state index is -0.347. The first-order valence-electron chi connectivity index (χ1n) is 6.00. The van der Waals surface area contributed by atoms with Gasteiger partial charge in [-0.05, 0) is 19.1 Å². The van der Waals surface area contributed by atoms with E-state index >= 15 is 0 Å². The summed E-state index contributed by atoms with van der Waals surface area (Å²) in [6.45, 7) is 2.03. The highest BCUT2D eigenvalue weighted by molar-refractivity contribution is 9.10. The van der Waals surface area contributed by atoms with Crippen molar-refractivity contribution in [1.29, 1.82) is 0 Å². The highest BCUT2D eigenvalue weighted by Gasteiger charge is 2.17. The number of carbonyl (C=O) groups excluding carboxylic acids is 1. The minimum absolute atomic E-state index is 0.251. The van der Waals surface area contributed by atoms with Crippen LogP contribution in [-0.2, 0) is 16.1 Å². The summed E-state index contributed by atoms with van der Waals surface area (Å²) < 4.78 is 6.23. The number of halogens is 1. The molecular weight excluding hydrogens is 340 g/mol. The molecule has 0 aliphatic heterocycles. The van der Waals surface area contributed by atoms with E-state index in [0.29, 0.717) is 5.16 Å². The highest BCUT2D eigenvalue weighted by atomic mass is 79.9. The molecule has 6 heteroatoms. The molecule has 4 nitrogen and oxygen atoms in total. The third-order valence-electron chi connectivity index (χ3n) is 2.48. The molecule has 104 valence electrons. The minimum Gasteiger partial charge on any atom is -0.460 e. The average Bonchev–Trinajstić information content (AvgIpc) is 2.47. The molecule has 0 saturated heterocycles. The number of rotatable bonds is 5. The van der Waals surface area contributed by atoms with E-state index in [0.717, 1.165) is 10.0 Å². The summed E-state index contributed by atoms with van der Waals surface area (Å²) in [5, 5.41) is 0.220. The van der Waals surface area contributed by atoms with Crippen LogP contribution in [0, 0.1) is 0 Å². The summed E-state index contributed by atoms with van der Waals surface area (Å²) >= 11 is 4.70. The Hall–Kier alpha value is -1.40. The van der Waals surface area contributed by atoms with Crippen molar-refractivity contribution in [2.75, 3.05) is 0 Å². The lowest BCUT2D eigenvalue weighted by atomic mass is 10.2. The number of ether oxygens (including phenoxy) is 1. The Morgan fingerprint density at radius 3 is 2.70 bits per heavy atom. The number of thioether (sulfide) groups is 1. The van der Waals surface area contributed by atoms with Gasteiger partial charge in [-0.15, -0.1) is 0 Å². The summed E-state index contributed by atoms with van der Waals surface area (Å²) in [5.74, 6) is -0.279. The fourth-order valence-electron chi connectivity index (χ4n) is 1.43. The van der Waals surface area contributed by atoms with E-state index < -0.39 is 0 Å². The number of aromatic nitrogens is 2. The molecule has 2 rings (SSSR count). The van der Waals surface area contributed by atoms with Crippen LogP contribution in [-0.4, -0.2) is 21.2 Å². The maximum Gasteiger partial charge on any atom is 0.319 e. The van der Waals surface area contributed by atoms with Crippen molar-refractivity contribution in [1.82, 2.24) is 9.97 Å². The monoisotopic (exact) mass is 352 g/mol. The second-order valence-electron chi connectivity index (χ2n) is 3.99. The summed E-state index contributed by atoms with van der Waals surface area (Å²) in [6, 6.07) is 9.39. The van der Waals surface area contributed by atoms with Gasteiger partial charge in [-0.1, -0.05) is 45.9 Å². The number of nitrogens with zero attached hydrogens (tertiary/aromatic N) is 2. The molecular formula is C14H13BrN2O2S. The molecule has 0 bridgehead atoms. The molecule has 1 unspecified atom stereocenters. The van der Waals surface area contributed by atoms with E-state index in [9.17, 15) is 4.79 Å². The van der Waals surface area contributed by atoms with Crippen molar-refractivity contribution in [2.45, 2.75) is 23.9 Å². The van der Waals surface area contributed by atoms with Crippen molar-refractivity contribution in [3.8, 4) is 0 Å². The quantitative estimate of drug-likeness (QED) is 0.468. The van der Waals surface area contributed by atoms with Gasteiger partial charge in [0.2, 0.25) is 0 Å². The lowest BCUT2D eigenvalue weighted by molar-refractivity contribution is -0.143. The predicted molar refractivity (Wildman–Crippen MR) is 81.3 cm³/mol. The van der Waals surface area contributed by atoms with Crippen molar-refractivity contribution in [3.05, 3.63) is 52.8 Å². The van der Waals surface area contributed by atoms with Crippen LogP contribution in [0.25, 0.3) is 0 Å². The first-order chi connectivity index (χ1) is 9.66. The molecule has 0 saturated carbocycles. The van der Waals surface area contributed by atoms with Gasteiger partial charge in [0.1, 0.15) is 11.9 Å². The zero-order chi connectivity index (χ0) is 14.4. The SMILES string of the molecule is CC(Sc1ncccn1)C(=O)OCc1ccccc1Br. The smallest absolute Gasteiger partial charge is 0.319 e. The maximum absolute atomic E-state index is 11.9. The van der Waals surface area contributed by atoms with Crippen LogP contribution in [0.5, 0.6) is 0 Å². The zero-order valence-corrected chi connectivity index (χ0v) is 13.2. The molecule has 0 aliphatic rings. The van der Waals surface area contributed by atoms with Crippen molar-refractivity contribution in [2.24, 2.45) is 0 Å². The number of esters is 1. The summed E-state index contributed by atoms with van der Waals surface area (Å²) in [4.78, 5) is 20.1. The Morgan fingerprint density at radius 1 is 1.30 bits per heavy atom. The Balaban J connectivity index is 1.87. The molecule has 1 atom stereocenters. The molecule has 1 aromatic heterocycles. The number of hydrogen-bond donors (Lipinski definition) is 0. The number of carbonyl (C=O) groups is 1. The van der Waals surface area contributed by atoms with Gasteiger partial charge < -0.3 is 4.74 Å². The Labute approximate surface area is 130 Å². The van der Waals surface area contributed by atoms with Gasteiger partial charge in [-0.2, -0.15) is 0 Å². The van der Waals surface area contributed by atoms with Crippen LogP contribution >= 0.6 is 27.7 Å². The van der Waals surface area contributed by atoms with Gasteiger partial charge in [-0.25, -0.2) is 9.97 Å². The first kappa shape index (κ1) is 15.0. The third-order valence-corrected chi connectivity index (χ3v) is 4.23. The molecule has 0 fully saturated rings. The van der Waals surface area contributed by atoms with Crippen LogP contribution in [0.15, 0.2) is 52.4 Å². The van der Waals surface area contributed by atoms with E-state index in [4.69, 9.17) is 4.74 Å². The normalized spacial score (nSPS) is 11.9. The van der Waals surface area contributed by atoms with E-state index in [-0.39, 0.29) is 17.8 Å². The Morgan fingerprint density at radius 2 is 2.00 bits per heavy atom. The van der Waals surface area contributed by atoms with E-state index in [2.05, 4.69) is 25.9 Å². The van der Waals surface area contributed by atoms with Gasteiger partial charge in [0.05, 0.1) is 0 Å². The predicted octanol–water partition coefficient (Wildman–Crippen LogP) is 3.46. The zero-order valence-electron chi connectivity index (χ0n) is 10.8. The molecule has 0 N–H and O–H groups in total. The molecule has 1 aromatic carbocycles. The van der Waals surface area contributed by atoms with Gasteiger partial charge >= 0.3 is 5.97 Å². The first-order valence-corrected chi connectivity index (χ1v) is 7.68. The van der Waals surface area contributed by atoms with E-state index in [1.54, 1.807) is 25.4 Å². The van der Waals surface area contributed by atoms with Gasteiger partial charge in [-0.3, -0.25) is 4.79 Å². The second-order valence-corrected chi connectivity index (χ2v) is 6.15. The van der Waals surface area contributed by atoms with Crippen molar-refractivity contribution >= 4 is 33.7 Å². The lowest BCUT2D eigenvalue weighted by Crippen LogP contribution is -2.17. The van der Waals surface area contributed by atoms with Crippen LogP contribution in [0.4, 0.5) is 0 Å². The lowest BCUT2D eigenvalue weighted by Gasteiger charge is -2.11. The molecule has 0 radical (unpaired) electrons. The largest absolute Gasteiger partial charge is 0.460 e. The van der Waals surface area contributed by atoms with Crippen LogP contribution in [0.2, 0.25) is 0 Å². The molecule has 0 amide bonds. The summed E-state index contributed by atoms with van der Waals surface area (Å²) in [7, 11) is 0. The van der Waals surface area contributed by atoms with E-state index in [1.165, 1.54) is 11.8 Å². The van der Waals surface area contributed by atoms with Gasteiger partial charge in [0.15, 0.2) is 5.16 Å². The maximum atomic E-state index is 11.9. The van der Waals surface area contributed by atoms with Crippen molar-refractivity contribution < 1.29 is 9.53 Å². The molecule has 2 aromatic rings. The Bertz CT molecular complexity index is 580. The van der Waals surface area contributed by atoms with Crippen LogP contribution in [0.1, 0.15) is 12.5 Å². The van der Waals surface area contributed by atoms with Crippen LogP contribution < -0.4 is 0 Å². The molecule has 1 heterocycles. The van der Waals surface area contributed by atoms with E-state index in [1.807, 2.05) is 24.3 Å². The summed E-state index contributed by atoms with van der Waals surface area (Å²) in [6.07, 6.45) is 3.29. The average molecular weight is 353 g/mol. The Kier molecular flexibility index (Phi) is 5.55. The molecule has 0 spiro atoms. The molecule has 20 heavy (non-hydrogen) atoms. The number of benzene rings is 1. The fourth-order valence-corrected chi connectivity index (χ4v) is 2.56. The fraction of sp³-hybridized carbons (Fsp3) is 0.214. The summed E-state index contributed by atoms with van der Waals surface area (Å²) in [5.41, 5.74) is 0.939. The second kappa shape index (κ2) is 7.40. The van der Waals surface area contributed by atoms with Gasteiger partial charge in [0.25, 0.3) is 0 Å². The van der Waals surface area contributed by atoms with Crippen LogP contribution in [0.3, 0.4) is 0 Å². The number of hydrogen-bond acceptors (Lipinski definition) is 5. The van der Waals surface area contributed by atoms with Gasteiger partial charge in [0, 0.05) is 22.4 Å². The van der Waals surface area contributed by atoms with Crippen molar-refractivity contribution in [3.63, 3.8) is 0 Å². The highest BCUT2D eigenvalue weighted by Crippen LogP contribution is 2.21. The third kappa shape index (κ3) is 4.31. The molecule has 0 aliphatic carbocycles. The topological polar surface area (TPSA) is 52.1 Å².